The monoisotopic (exact) mass is 408 g/mol. The van der Waals surface area contributed by atoms with Gasteiger partial charge in [0.1, 0.15) is 0 Å². The molecule has 13 heteroatoms. The van der Waals surface area contributed by atoms with Gasteiger partial charge in [0, 0.05) is 13.1 Å². The number of hydrogen-bond acceptors (Lipinski definition) is 6. The van der Waals surface area contributed by atoms with Gasteiger partial charge in [-0.05, 0) is 0 Å². The average molecular weight is 410 g/mol. The van der Waals surface area contributed by atoms with Crippen LogP contribution in [0, 0.1) is 0 Å². The van der Waals surface area contributed by atoms with Crippen molar-refractivity contribution in [3.63, 3.8) is 0 Å². The Bertz CT molecular complexity index is 326. The molecule has 0 fully saturated rings. The van der Waals surface area contributed by atoms with Crippen molar-refractivity contribution < 1.29 is 54.4 Å². The predicted octanol–water partition coefficient (Wildman–Crippen LogP) is -2.24. The topological polar surface area (TPSA) is 201 Å². The van der Waals surface area contributed by atoms with Crippen molar-refractivity contribution in [2.45, 2.75) is 20.1 Å². The Morgan fingerprint density at radius 1 is 0.609 bits per heavy atom. The SMILES string of the molecule is NCCN.O=C(O)[CH2][Zn]([CH2]C(=O)O)([CH2]C(=O)O)[CH2]C(=O)O.[NaH].[NaH]. The number of hydrogen-bond donors (Lipinski definition) is 6. The Balaban J connectivity index is -0.000000268. The van der Waals surface area contributed by atoms with Crippen LogP contribution in [0.15, 0.2) is 0 Å². The Morgan fingerprint density at radius 3 is 0.870 bits per heavy atom. The minimum absolute atomic E-state index is 0. The summed E-state index contributed by atoms with van der Waals surface area (Å²) in [7, 11) is 0. The van der Waals surface area contributed by atoms with Crippen LogP contribution in [0.4, 0.5) is 0 Å². The van der Waals surface area contributed by atoms with E-state index in [1.54, 1.807) is 0 Å². The molecule has 8 N–H and O–H groups in total. The third kappa shape index (κ3) is 20.4. The van der Waals surface area contributed by atoms with Crippen molar-refractivity contribution in [3.8, 4) is 0 Å². The number of carboxylic acids is 4. The molecule has 0 saturated carbocycles. The molecular weight excluding hydrogens is 387 g/mol. The van der Waals surface area contributed by atoms with E-state index in [4.69, 9.17) is 31.9 Å². The van der Waals surface area contributed by atoms with Gasteiger partial charge in [0.15, 0.2) is 0 Å². The quantitative estimate of drug-likeness (QED) is 0.226. The van der Waals surface area contributed by atoms with Gasteiger partial charge >= 0.3 is 157 Å². The molecule has 0 amide bonds. The minimum atomic E-state index is -4.39. The number of carbonyl (C=O) groups is 4. The first-order chi connectivity index (χ1) is 9.58. The molecule has 0 heterocycles. The first-order valence-corrected chi connectivity index (χ1v) is 14.8. The zero-order chi connectivity index (χ0) is 17.1. The normalized spacial score (nSPS) is 8.61. The van der Waals surface area contributed by atoms with Crippen LogP contribution in [-0.2, 0) is 34.0 Å². The Hall–Kier alpha value is 0.423. The molecule has 0 unspecified atom stereocenters. The van der Waals surface area contributed by atoms with E-state index in [2.05, 4.69) is 0 Å². The second-order valence-electron chi connectivity index (χ2n) is 5.27. The fraction of sp³-hybridized carbons (Fsp3) is 0.600. The Kier molecular flexibility index (Phi) is 23.4. The maximum absolute atomic E-state index is 10.6. The molecule has 0 saturated heterocycles. The fourth-order valence-corrected chi connectivity index (χ4v) is 12.2. The van der Waals surface area contributed by atoms with Crippen molar-refractivity contribution in [2.75, 3.05) is 13.1 Å². The zero-order valence-corrected chi connectivity index (χ0v) is 14.5. The van der Waals surface area contributed by atoms with Crippen LogP contribution in [0.5, 0.6) is 0 Å². The molecule has 23 heavy (non-hydrogen) atoms. The third-order valence-corrected chi connectivity index (χ3v) is 15.6. The molecular formula is C10H22N2Na2O8Zn. The summed E-state index contributed by atoms with van der Waals surface area (Å²) in [6.07, 6.45) is 0. The summed E-state index contributed by atoms with van der Waals surface area (Å²) in [5, 5.41) is 32.2. The van der Waals surface area contributed by atoms with Gasteiger partial charge in [-0.25, -0.2) is 0 Å². The second kappa shape index (κ2) is 17.3. The average Bonchev–Trinajstić information content (AvgIpc) is 2.24. The number of aliphatic carboxylic acids is 4. The summed E-state index contributed by atoms with van der Waals surface area (Å²) in [6.45, 7) is 1.19. The predicted molar refractivity (Wildman–Crippen MR) is 82.2 cm³/mol. The second-order valence-corrected chi connectivity index (χ2v) is 18.4. The van der Waals surface area contributed by atoms with Gasteiger partial charge in [0.25, 0.3) is 0 Å². The van der Waals surface area contributed by atoms with Crippen LogP contribution in [0.3, 0.4) is 0 Å². The van der Waals surface area contributed by atoms with E-state index < -0.39 is 58.7 Å². The van der Waals surface area contributed by atoms with Crippen molar-refractivity contribution in [3.05, 3.63) is 0 Å². The van der Waals surface area contributed by atoms with Crippen molar-refractivity contribution in [1.29, 1.82) is 0 Å². The van der Waals surface area contributed by atoms with Gasteiger partial charge in [-0.1, -0.05) is 0 Å². The summed E-state index contributed by atoms with van der Waals surface area (Å²) in [5.41, 5.74) is 9.81. The van der Waals surface area contributed by atoms with E-state index in [9.17, 15) is 19.2 Å². The van der Waals surface area contributed by atoms with E-state index in [0.717, 1.165) is 0 Å². The molecule has 0 aromatic carbocycles. The van der Waals surface area contributed by atoms with E-state index in [0.29, 0.717) is 13.1 Å². The standard InChI is InChI=1S/C2H8N2.4C2H3O2.2Na.Zn.2H/c3-1-2-4;4*1-2(3)4;;;;;/h1-4H2;4*1H2,(H,3,4);;;;;. The summed E-state index contributed by atoms with van der Waals surface area (Å²) in [4.78, 5) is 42.5. The maximum atomic E-state index is 10.6. The number of carboxylic acid groups (broad SMARTS) is 4. The van der Waals surface area contributed by atoms with E-state index in [1.165, 1.54) is 0 Å². The van der Waals surface area contributed by atoms with E-state index >= 15 is 0 Å². The molecule has 0 aliphatic rings. The molecule has 0 aliphatic carbocycles. The summed E-state index contributed by atoms with van der Waals surface area (Å²) >= 11 is -4.39. The van der Waals surface area contributed by atoms with Crippen LogP contribution in [0.25, 0.3) is 0 Å². The summed E-state index contributed by atoms with van der Waals surface area (Å²) < 4.78 is 0. The molecule has 0 atom stereocenters. The Labute approximate surface area is 180 Å². The number of nitrogens with two attached hydrogens (primary N) is 2. The summed E-state index contributed by atoms with van der Waals surface area (Å²) in [6, 6.07) is 0. The van der Waals surface area contributed by atoms with Crippen LogP contribution in [0.2, 0.25) is 20.1 Å². The van der Waals surface area contributed by atoms with Gasteiger partial charge < -0.3 is 11.5 Å². The van der Waals surface area contributed by atoms with Crippen molar-refractivity contribution >= 4 is 83.0 Å². The first kappa shape index (κ1) is 31.2. The zero-order valence-electron chi connectivity index (χ0n) is 11.5. The van der Waals surface area contributed by atoms with Gasteiger partial charge in [0.05, 0.1) is 0 Å². The molecule has 0 spiro atoms. The van der Waals surface area contributed by atoms with Crippen LogP contribution >= 0.6 is 0 Å². The van der Waals surface area contributed by atoms with Gasteiger partial charge in [-0.15, -0.1) is 0 Å². The molecule has 0 aromatic rings. The van der Waals surface area contributed by atoms with Gasteiger partial charge in [-0.3, -0.25) is 0 Å². The van der Waals surface area contributed by atoms with Crippen LogP contribution < -0.4 is 11.5 Å². The first-order valence-electron chi connectivity index (χ1n) is 6.44. The van der Waals surface area contributed by atoms with Crippen molar-refractivity contribution in [1.82, 2.24) is 0 Å². The molecule has 0 aliphatic heterocycles. The molecule has 0 radical (unpaired) electrons. The molecule has 0 aromatic heterocycles. The molecule has 10 nitrogen and oxygen atoms in total. The fourth-order valence-electron chi connectivity index (χ4n) is 2.35. The van der Waals surface area contributed by atoms with Crippen LogP contribution in [-0.4, -0.2) is 117 Å². The number of rotatable bonds is 9. The molecule has 124 valence electrons. The molecule has 0 bridgehead atoms. The van der Waals surface area contributed by atoms with Gasteiger partial charge in [0.2, 0.25) is 0 Å². The van der Waals surface area contributed by atoms with Crippen molar-refractivity contribution in [2.24, 2.45) is 11.5 Å². The van der Waals surface area contributed by atoms with E-state index in [-0.39, 0.29) is 59.1 Å². The summed E-state index contributed by atoms with van der Waals surface area (Å²) in [5.74, 6) is -5.36. The molecule has 0 rings (SSSR count). The van der Waals surface area contributed by atoms with Crippen LogP contribution in [0.1, 0.15) is 0 Å². The van der Waals surface area contributed by atoms with Gasteiger partial charge in [-0.2, -0.15) is 0 Å². The third-order valence-electron chi connectivity index (χ3n) is 3.14. The van der Waals surface area contributed by atoms with E-state index in [1.807, 2.05) is 0 Å². The Morgan fingerprint density at radius 2 is 0.783 bits per heavy atom.